The third-order valence-corrected chi connectivity index (χ3v) is 5.51. The molecule has 0 aromatic heterocycles. The van der Waals surface area contributed by atoms with Crippen LogP contribution in [0.15, 0.2) is 24.3 Å². The number of hydrogen-bond acceptors (Lipinski definition) is 3. The molecule has 0 saturated carbocycles. The van der Waals surface area contributed by atoms with Crippen molar-refractivity contribution in [3.05, 3.63) is 29.8 Å². The van der Waals surface area contributed by atoms with Crippen molar-refractivity contribution in [2.45, 2.75) is 64.6 Å². The molecular weight excluding hydrogens is 314 g/mol. The van der Waals surface area contributed by atoms with Crippen LogP contribution in [0.1, 0.15) is 51.5 Å². The summed E-state index contributed by atoms with van der Waals surface area (Å²) in [5.74, 6) is -0.103. The molecule has 136 valence electrons. The standard InChI is InChI=1S/C20H29N3O2/c1-15-6-3-4-12-22(15)14-17-8-10-18(11-9-17)21-20(25)19-7-5-13-23(19)16(2)24/h8-11,15,19H,3-7,12-14H2,1-2H3,(H,21,25). The third-order valence-electron chi connectivity index (χ3n) is 5.51. The van der Waals surface area contributed by atoms with Crippen LogP contribution in [-0.2, 0) is 16.1 Å². The summed E-state index contributed by atoms with van der Waals surface area (Å²) in [5.41, 5.74) is 2.08. The first-order chi connectivity index (χ1) is 12.0. The average Bonchev–Trinajstić information content (AvgIpc) is 3.09. The number of nitrogens with zero attached hydrogens (tertiary/aromatic N) is 2. The van der Waals surface area contributed by atoms with E-state index in [4.69, 9.17) is 0 Å². The number of likely N-dealkylation sites (tertiary alicyclic amines) is 2. The molecule has 0 spiro atoms. The topological polar surface area (TPSA) is 52.7 Å². The molecule has 2 aliphatic heterocycles. The minimum atomic E-state index is -0.327. The molecular formula is C20H29N3O2. The highest BCUT2D eigenvalue weighted by Crippen LogP contribution is 2.21. The summed E-state index contributed by atoms with van der Waals surface area (Å²) in [6, 6.07) is 8.44. The quantitative estimate of drug-likeness (QED) is 0.914. The Bertz CT molecular complexity index is 614. The van der Waals surface area contributed by atoms with Crippen molar-refractivity contribution in [2.75, 3.05) is 18.4 Å². The second-order valence-electron chi connectivity index (χ2n) is 7.37. The van der Waals surface area contributed by atoms with Crippen LogP contribution in [0.3, 0.4) is 0 Å². The van der Waals surface area contributed by atoms with Gasteiger partial charge in [0.2, 0.25) is 11.8 Å². The van der Waals surface area contributed by atoms with Gasteiger partial charge in [0, 0.05) is 31.7 Å². The smallest absolute Gasteiger partial charge is 0.247 e. The molecule has 1 N–H and O–H groups in total. The van der Waals surface area contributed by atoms with Gasteiger partial charge in [0.05, 0.1) is 0 Å². The van der Waals surface area contributed by atoms with E-state index in [1.807, 2.05) is 12.1 Å². The van der Waals surface area contributed by atoms with Gasteiger partial charge in [0.1, 0.15) is 6.04 Å². The van der Waals surface area contributed by atoms with Crippen molar-refractivity contribution >= 4 is 17.5 Å². The molecule has 2 fully saturated rings. The summed E-state index contributed by atoms with van der Waals surface area (Å²) in [6.07, 6.45) is 5.54. The van der Waals surface area contributed by atoms with E-state index in [0.717, 1.165) is 25.1 Å². The third kappa shape index (κ3) is 4.40. The number of amides is 2. The molecule has 0 radical (unpaired) electrons. The summed E-state index contributed by atoms with van der Waals surface area (Å²) >= 11 is 0. The fourth-order valence-corrected chi connectivity index (χ4v) is 3.96. The van der Waals surface area contributed by atoms with Crippen LogP contribution < -0.4 is 5.32 Å². The molecule has 1 aromatic carbocycles. The predicted molar refractivity (Wildman–Crippen MR) is 99.2 cm³/mol. The van der Waals surface area contributed by atoms with Gasteiger partial charge in [-0.25, -0.2) is 0 Å². The normalized spacial score (nSPS) is 24.3. The zero-order valence-electron chi connectivity index (χ0n) is 15.3. The SMILES string of the molecule is CC(=O)N1CCCC1C(=O)Nc1ccc(CN2CCCCC2C)cc1. The van der Waals surface area contributed by atoms with E-state index in [2.05, 4.69) is 29.3 Å². The molecule has 2 unspecified atom stereocenters. The molecule has 2 amide bonds. The average molecular weight is 343 g/mol. The van der Waals surface area contributed by atoms with Gasteiger partial charge in [-0.15, -0.1) is 0 Å². The molecule has 0 aliphatic carbocycles. The van der Waals surface area contributed by atoms with Gasteiger partial charge in [-0.2, -0.15) is 0 Å². The Morgan fingerprint density at radius 1 is 1.08 bits per heavy atom. The summed E-state index contributed by atoms with van der Waals surface area (Å²) in [5, 5.41) is 2.96. The number of nitrogens with one attached hydrogen (secondary N) is 1. The van der Waals surface area contributed by atoms with E-state index in [0.29, 0.717) is 12.6 Å². The number of anilines is 1. The Morgan fingerprint density at radius 2 is 1.84 bits per heavy atom. The zero-order chi connectivity index (χ0) is 17.8. The van der Waals surface area contributed by atoms with Gasteiger partial charge in [-0.05, 0) is 56.8 Å². The van der Waals surface area contributed by atoms with Crippen molar-refractivity contribution in [3.63, 3.8) is 0 Å². The first kappa shape index (κ1) is 17.9. The highest BCUT2D eigenvalue weighted by molar-refractivity contribution is 5.97. The fourth-order valence-electron chi connectivity index (χ4n) is 3.96. The van der Waals surface area contributed by atoms with Gasteiger partial charge in [0.15, 0.2) is 0 Å². The zero-order valence-corrected chi connectivity index (χ0v) is 15.3. The van der Waals surface area contributed by atoms with Crippen molar-refractivity contribution in [1.82, 2.24) is 9.80 Å². The summed E-state index contributed by atoms with van der Waals surface area (Å²) in [7, 11) is 0. The lowest BCUT2D eigenvalue weighted by atomic mass is 10.0. The minimum absolute atomic E-state index is 0.0244. The van der Waals surface area contributed by atoms with Crippen LogP contribution in [0.2, 0.25) is 0 Å². The molecule has 2 saturated heterocycles. The lowest BCUT2D eigenvalue weighted by molar-refractivity contribution is -0.134. The first-order valence-corrected chi connectivity index (χ1v) is 9.45. The molecule has 5 nitrogen and oxygen atoms in total. The molecule has 0 bridgehead atoms. The Morgan fingerprint density at radius 3 is 2.52 bits per heavy atom. The Balaban J connectivity index is 1.57. The maximum atomic E-state index is 12.5. The van der Waals surface area contributed by atoms with Crippen LogP contribution in [0.4, 0.5) is 5.69 Å². The van der Waals surface area contributed by atoms with Crippen molar-refractivity contribution in [2.24, 2.45) is 0 Å². The fraction of sp³-hybridized carbons (Fsp3) is 0.600. The summed E-state index contributed by atoms with van der Waals surface area (Å²) in [6.45, 7) is 6.65. The van der Waals surface area contributed by atoms with E-state index < -0.39 is 0 Å². The largest absolute Gasteiger partial charge is 0.331 e. The second kappa shape index (κ2) is 8.00. The van der Waals surface area contributed by atoms with Crippen molar-refractivity contribution < 1.29 is 9.59 Å². The highest BCUT2D eigenvalue weighted by Gasteiger charge is 2.32. The number of piperidine rings is 1. The number of benzene rings is 1. The van der Waals surface area contributed by atoms with Crippen LogP contribution >= 0.6 is 0 Å². The lowest BCUT2D eigenvalue weighted by Crippen LogP contribution is -2.42. The number of carbonyl (C=O) groups excluding carboxylic acids is 2. The minimum Gasteiger partial charge on any atom is -0.331 e. The molecule has 3 rings (SSSR count). The number of hydrogen-bond donors (Lipinski definition) is 1. The lowest BCUT2D eigenvalue weighted by Gasteiger charge is -2.33. The maximum absolute atomic E-state index is 12.5. The number of carbonyl (C=O) groups is 2. The number of rotatable bonds is 4. The van der Waals surface area contributed by atoms with E-state index in [-0.39, 0.29) is 17.9 Å². The van der Waals surface area contributed by atoms with Crippen LogP contribution in [0.5, 0.6) is 0 Å². The molecule has 5 heteroatoms. The maximum Gasteiger partial charge on any atom is 0.247 e. The highest BCUT2D eigenvalue weighted by atomic mass is 16.2. The Hall–Kier alpha value is -1.88. The Kier molecular flexibility index (Phi) is 5.74. The summed E-state index contributed by atoms with van der Waals surface area (Å²) < 4.78 is 0. The van der Waals surface area contributed by atoms with E-state index in [9.17, 15) is 9.59 Å². The monoisotopic (exact) mass is 343 g/mol. The van der Waals surface area contributed by atoms with Crippen LogP contribution in [0, 0.1) is 0 Å². The van der Waals surface area contributed by atoms with Crippen LogP contribution in [-0.4, -0.2) is 46.8 Å². The van der Waals surface area contributed by atoms with Crippen molar-refractivity contribution in [1.29, 1.82) is 0 Å². The van der Waals surface area contributed by atoms with Gasteiger partial charge in [-0.3, -0.25) is 14.5 Å². The molecule has 2 atom stereocenters. The molecule has 2 aliphatic rings. The van der Waals surface area contributed by atoms with Crippen molar-refractivity contribution in [3.8, 4) is 0 Å². The van der Waals surface area contributed by atoms with E-state index in [1.165, 1.54) is 38.3 Å². The molecule has 2 heterocycles. The van der Waals surface area contributed by atoms with Gasteiger partial charge >= 0.3 is 0 Å². The van der Waals surface area contributed by atoms with Crippen LogP contribution in [0.25, 0.3) is 0 Å². The summed E-state index contributed by atoms with van der Waals surface area (Å²) in [4.78, 5) is 28.3. The van der Waals surface area contributed by atoms with Gasteiger partial charge < -0.3 is 10.2 Å². The predicted octanol–water partition coefficient (Wildman–Crippen LogP) is 3.01. The van der Waals surface area contributed by atoms with Gasteiger partial charge in [0.25, 0.3) is 0 Å². The van der Waals surface area contributed by atoms with E-state index in [1.54, 1.807) is 4.90 Å². The molecule has 1 aromatic rings. The van der Waals surface area contributed by atoms with Gasteiger partial charge in [-0.1, -0.05) is 18.6 Å². The van der Waals surface area contributed by atoms with E-state index >= 15 is 0 Å². The Labute approximate surface area is 150 Å². The first-order valence-electron chi connectivity index (χ1n) is 9.45. The molecule has 25 heavy (non-hydrogen) atoms. The second-order valence-corrected chi connectivity index (χ2v) is 7.37.